The minimum absolute atomic E-state index is 0.177. The van der Waals surface area contributed by atoms with Crippen molar-refractivity contribution in [2.45, 2.75) is 31.0 Å². The number of hydrogen-bond donors (Lipinski definition) is 6. The topological polar surface area (TPSA) is 186 Å². The quantitative estimate of drug-likeness (QED) is 0.133. The summed E-state index contributed by atoms with van der Waals surface area (Å²) in [6.07, 6.45) is 2.30. The van der Waals surface area contributed by atoms with Crippen LogP contribution in [0.3, 0.4) is 0 Å². The largest absolute Gasteiger partial charge is 0.508 e. The number of phenolic OH excluding ortho intramolecular Hbond substituents is 1. The predicted octanol–water partition coefficient (Wildman–Crippen LogP) is 3.18. The minimum atomic E-state index is -5.11. The summed E-state index contributed by atoms with van der Waals surface area (Å²) in [6.45, 7) is 3.20. The van der Waals surface area contributed by atoms with Gasteiger partial charge in [0.05, 0.1) is 6.33 Å². The number of benzene rings is 2. The van der Waals surface area contributed by atoms with Crippen molar-refractivity contribution in [3.63, 3.8) is 0 Å². The van der Waals surface area contributed by atoms with E-state index in [2.05, 4.69) is 32.4 Å². The SMILES string of the molecule is CC(CNc1nc(Nc2ccc(C(O)([PH+]=O)P(=O)(O)O)cc2)c2ncn(CCc3cccc(O)c3)c2n1)N(C)C. The van der Waals surface area contributed by atoms with Crippen molar-refractivity contribution in [2.24, 2.45) is 0 Å². The molecule has 6 N–H and O–H groups in total. The average Bonchev–Trinajstić information content (AvgIpc) is 3.33. The second-order valence-corrected chi connectivity index (χ2v) is 12.7. The van der Waals surface area contributed by atoms with Gasteiger partial charge in [-0.1, -0.05) is 16.7 Å². The Labute approximate surface area is 232 Å². The molecular weight excluding hydrogens is 556 g/mol. The molecular formula is C25H32N7O6P2+. The summed E-state index contributed by atoms with van der Waals surface area (Å²) in [5.74, 6) is 0.969. The molecule has 2 aromatic carbocycles. The number of aromatic hydroxyl groups is 1. The number of likely N-dealkylation sites (N-methyl/N-ethyl adjacent to an activating group) is 1. The van der Waals surface area contributed by atoms with Crippen LogP contribution in [-0.2, 0) is 27.2 Å². The van der Waals surface area contributed by atoms with Gasteiger partial charge in [-0.15, -0.1) is 0 Å². The zero-order valence-electron chi connectivity index (χ0n) is 22.2. The van der Waals surface area contributed by atoms with Crippen molar-refractivity contribution in [1.82, 2.24) is 24.4 Å². The molecule has 13 nitrogen and oxygen atoms in total. The van der Waals surface area contributed by atoms with Gasteiger partial charge in [0.2, 0.25) is 5.95 Å². The summed E-state index contributed by atoms with van der Waals surface area (Å²) in [4.78, 5) is 34.9. The first-order valence-electron chi connectivity index (χ1n) is 12.4. The van der Waals surface area contributed by atoms with Gasteiger partial charge in [0.15, 0.2) is 17.0 Å². The maximum Gasteiger partial charge on any atom is 0.412 e. The summed E-state index contributed by atoms with van der Waals surface area (Å²) in [7, 11) is -2.82. The molecule has 3 unspecified atom stereocenters. The van der Waals surface area contributed by atoms with E-state index in [9.17, 15) is 29.1 Å². The number of rotatable bonds is 12. The minimum Gasteiger partial charge on any atom is -0.508 e. The molecule has 212 valence electrons. The Morgan fingerprint density at radius 2 is 1.88 bits per heavy atom. The van der Waals surface area contributed by atoms with Gasteiger partial charge < -0.3 is 40.1 Å². The molecule has 40 heavy (non-hydrogen) atoms. The molecule has 0 aliphatic carbocycles. The highest BCUT2D eigenvalue weighted by Crippen LogP contribution is 2.61. The third-order valence-corrected chi connectivity index (χ3v) is 9.39. The molecule has 0 amide bonds. The summed E-state index contributed by atoms with van der Waals surface area (Å²) in [5, 5.41) is 23.8. The van der Waals surface area contributed by atoms with Crippen molar-refractivity contribution in [2.75, 3.05) is 31.3 Å². The number of nitrogens with zero attached hydrogens (tertiary/aromatic N) is 5. The molecule has 0 spiro atoms. The molecule has 4 rings (SSSR count). The molecule has 0 fully saturated rings. The number of fused-ring (bicyclic) bond motifs is 1. The van der Waals surface area contributed by atoms with E-state index in [1.807, 2.05) is 24.7 Å². The van der Waals surface area contributed by atoms with Gasteiger partial charge in [0, 0.05) is 30.4 Å². The van der Waals surface area contributed by atoms with Crippen molar-refractivity contribution in [3.8, 4) is 5.75 Å². The molecule has 0 saturated heterocycles. The first-order chi connectivity index (χ1) is 18.9. The number of aryl methyl sites for hydroxylation is 2. The maximum absolute atomic E-state index is 11.7. The van der Waals surface area contributed by atoms with Crippen LogP contribution in [0.2, 0.25) is 0 Å². The molecule has 3 atom stereocenters. The number of nitrogens with one attached hydrogen (secondary N) is 2. The van der Waals surface area contributed by atoms with Crippen molar-refractivity contribution in [1.29, 1.82) is 0 Å². The van der Waals surface area contributed by atoms with Gasteiger partial charge in [0.1, 0.15) is 5.75 Å². The molecule has 0 aliphatic heterocycles. The van der Waals surface area contributed by atoms with Crippen molar-refractivity contribution >= 4 is 44.7 Å². The fraction of sp³-hybridized carbons (Fsp3) is 0.320. The number of hydrogen-bond acceptors (Lipinski definition) is 10. The Kier molecular flexibility index (Phi) is 8.84. The lowest BCUT2D eigenvalue weighted by Crippen LogP contribution is -2.32. The number of imidazole rings is 1. The summed E-state index contributed by atoms with van der Waals surface area (Å²) in [5.41, 5.74) is 2.36. The molecule has 2 heterocycles. The third-order valence-electron chi connectivity index (χ3n) is 6.57. The van der Waals surface area contributed by atoms with Crippen LogP contribution in [-0.4, -0.2) is 71.1 Å². The molecule has 0 radical (unpaired) electrons. The zero-order valence-corrected chi connectivity index (χ0v) is 24.1. The Balaban J connectivity index is 1.66. The second kappa shape index (κ2) is 12.0. The van der Waals surface area contributed by atoms with Crippen LogP contribution < -0.4 is 10.6 Å². The van der Waals surface area contributed by atoms with Crippen LogP contribution in [0.4, 0.5) is 17.5 Å². The maximum atomic E-state index is 11.7. The highest BCUT2D eigenvalue weighted by Gasteiger charge is 2.56. The average molecular weight is 589 g/mol. The molecule has 0 saturated carbocycles. The van der Waals surface area contributed by atoms with Crippen LogP contribution in [0.5, 0.6) is 5.75 Å². The van der Waals surface area contributed by atoms with Gasteiger partial charge >= 0.3 is 21.1 Å². The lowest BCUT2D eigenvalue weighted by molar-refractivity contribution is 0.168. The van der Waals surface area contributed by atoms with Gasteiger partial charge in [0.25, 0.3) is 0 Å². The zero-order chi connectivity index (χ0) is 29.1. The van der Waals surface area contributed by atoms with Crippen molar-refractivity contribution < 1.29 is 29.1 Å². The molecule has 0 aliphatic rings. The Hall–Kier alpha value is -3.44. The van der Waals surface area contributed by atoms with E-state index >= 15 is 0 Å². The highest BCUT2D eigenvalue weighted by molar-refractivity contribution is 7.62. The van der Waals surface area contributed by atoms with Crippen LogP contribution in [0.25, 0.3) is 11.2 Å². The fourth-order valence-electron chi connectivity index (χ4n) is 3.87. The van der Waals surface area contributed by atoms with Crippen molar-refractivity contribution in [3.05, 3.63) is 66.0 Å². The lowest BCUT2D eigenvalue weighted by Gasteiger charge is -2.20. The second-order valence-electron chi connectivity index (χ2n) is 9.64. The monoisotopic (exact) mass is 588 g/mol. The van der Waals surface area contributed by atoms with Gasteiger partial charge in [-0.25, -0.2) is 4.98 Å². The Morgan fingerprint density at radius 1 is 1.15 bits per heavy atom. The van der Waals surface area contributed by atoms with E-state index in [1.165, 1.54) is 24.3 Å². The van der Waals surface area contributed by atoms with Crippen LogP contribution >= 0.6 is 16.1 Å². The van der Waals surface area contributed by atoms with Gasteiger partial charge in [-0.05, 0) is 69.4 Å². The molecule has 15 heteroatoms. The van der Waals surface area contributed by atoms with E-state index in [4.69, 9.17) is 4.98 Å². The van der Waals surface area contributed by atoms with Gasteiger partial charge in [-0.3, -0.25) is 4.57 Å². The highest BCUT2D eigenvalue weighted by atomic mass is 31.2. The van der Waals surface area contributed by atoms with E-state index in [1.54, 1.807) is 24.5 Å². The summed E-state index contributed by atoms with van der Waals surface area (Å²) in [6, 6.07) is 12.8. The summed E-state index contributed by atoms with van der Waals surface area (Å²) >= 11 is 0. The molecule has 2 aromatic heterocycles. The van der Waals surface area contributed by atoms with Gasteiger partial charge in [-0.2, -0.15) is 9.97 Å². The van der Waals surface area contributed by atoms with E-state index < -0.39 is 21.1 Å². The predicted molar refractivity (Wildman–Crippen MR) is 153 cm³/mol. The van der Waals surface area contributed by atoms with Crippen LogP contribution in [0, 0.1) is 0 Å². The Morgan fingerprint density at radius 3 is 2.50 bits per heavy atom. The van der Waals surface area contributed by atoms with E-state index in [-0.39, 0.29) is 17.4 Å². The Bertz CT molecular complexity index is 1540. The first kappa shape index (κ1) is 29.5. The lowest BCUT2D eigenvalue weighted by atomic mass is 10.1. The number of anilines is 3. The normalized spacial score (nSPS) is 14.4. The van der Waals surface area contributed by atoms with Crippen LogP contribution in [0.15, 0.2) is 54.9 Å². The van der Waals surface area contributed by atoms with E-state index in [0.29, 0.717) is 48.1 Å². The summed E-state index contributed by atoms with van der Waals surface area (Å²) < 4.78 is 25.1. The number of phenols is 1. The standard InChI is InChI=1S/C25H31N7O6P2/c1-16(31(2)3)14-26-24-29-22(28-19-9-7-18(8-10-19)25(34,39-35)40(36,37)38)21-23(30-24)32(15-27-21)12-11-17-5-4-6-20(33)13-17/h4-10,13,15-16,33-34H,11-12,14H2,1-3H3,(H2,36,37,38)(H2,26,28,29,30)/p+1. The van der Waals surface area contributed by atoms with Crippen LogP contribution in [0.1, 0.15) is 18.1 Å². The third kappa shape index (κ3) is 6.47. The first-order valence-corrected chi connectivity index (χ1v) is 14.9. The number of aromatic nitrogens is 4. The van der Waals surface area contributed by atoms with E-state index in [0.717, 1.165) is 5.56 Å². The smallest absolute Gasteiger partial charge is 0.412 e. The molecule has 4 aromatic rings. The fourth-order valence-corrected chi connectivity index (χ4v) is 5.11. The molecule has 0 bridgehead atoms. The number of aliphatic hydroxyl groups is 1.